The van der Waals surface area contributed by atoms with Crippen LogP contribution in [0.4, 0.5) is 0 Å². The van der Waals surface area contributed by atoms with E-state index in [2.05, 4.69) is 15.5 Å². The number of thioether (sulfide) groups is 1. The first-order valence-corrected chi connectivity index (χ1v) is 11.5. The molecule has 3 aromatic carbocycles. The van der Waals surface area contributed by atoms with Gasteiger partial charge in [-0.1, -0.05) is 78.5 Å². The molecule has 33 heavy (non-hydrogen) atoms. The molecule has 0 aliphatic carbocycles. The van der Waals surface area contributed by atoms with Crippen molar-refractivity contribution in [1.29, 1.82) is 0 Å². The molecule has 0 unspecified atom stereocenters. The Labute approximate surface area is 197 Å². The number of ether oxygens (including phenoxy) is 1. The van der Waals surface area contributed by atoms with Gasteiger partial charge in [0.05, 0.1) is 18.9 Å². The third-order valence-corrected chi connectivity index (χ3v) is 6.24. The summed E-state index contributed by atoms with van der Waals surface area (Å²) in [5.41, 5.74) is 3.90. The molecule has 0 spiro atoms. The maximum absolute atomic E-state index is 13.3. The number of nitrogens with zero attached hydrogens (tertiary/aromatic N) is 5. The second-order valence-electron chi connectivity index (χ2n) is 7.57. The molecule has 0 saturated heterocycles. The summed E-state index contributed by atoms with van der Waals surface area (Å²) >= 11 is 1.30. The molecule has 1 aromatic heterocycles. The maximum Gasteiger partial charge on any atom is 0.233 e. The van der Waals surface area contributed by atoms with Crippen LogP contribution in [0.1, 0.15) is 22.7 Å². The van der Waals surface area contributed by atoms with Gasteiger partial charge in [-0.3, -0.25) is 4.79 Å². The van der Waals surface area contributed by atoms with Crippen LogP contribution in [-0.4, -0.2) is 50.9 Å². The molecule has 0 aliphatic heterocycles. The molecule has 0 saturated carbocycles. The summed E-state index contributed by atoms with van der Waals surface area (Å²) in [5.74, 6) is 0.830. The second kappa shape index (κ2) is 10.3. The predicted molar refractivity (Wildman–Crippen MR) is 129 cm³/mol. The van der Waals surface area contributed by atoms with E-state index in [1.54, 1.807) is 16.7 Å². The number of benzene rings is 3. The van der Waals surface area contributed by atoms with Crippen LogP contribution in [0.2, 0.25) is 0 Å². The van der Waals surface area contributed by atoms with E-state index >= 15 is 0 Å². The lowest BCUT2D eigenvalue weighted by Crippen LogP contribution is -2.33. The Kier molecular flexibility index (Phi) is 7.04. The van der Waals surface area contributed by atoms with E-state index in [0.29, 0.717) is 10.9 Å². The summed E-state index contributed by atoms with van der Waals surface area (Å²) in [6, 6.07) is 25.7. The van der Waals surface area contributed by atoms with Gasteiger partial charge in [0.25, 0.3) is 0 Å². The van der Waals surface area contributed by atoms with Gasteiger partial charge < -0.3 is 9.64 Å². The Morgan fingerprint density at radius 3 is 2.27 bits per heavy atom. The van der Waals surface area contributed by atoms with Gasteiger partial charge in [0, 0.05) is 7.05 Å². The van der Waals surface area contributed by atoms with Crippen LogP contribution in [0, 0.1) is 6.92 Å². The normalized spacial score (nSPS) is 10.9. The Balaban J connectivity index is 1.55. The van der Waals surface area contributed by atoms with Crippen LogP contribution in [0.5, 0.6) is 5.75 Å². The molecule has 0 atom stereocenters. The van der Waals surface area contributed by atoms with Crippen molar-refractivity contribution < 1.29 is 9.53 Å². The zero-order valence-electron chi connectivity index (χ0n) is 18.8. The van der Waals surface area contributed by atoms with E-state index in [9.17, 15) is 4.79 Å². The molecule has 1 heterocycles. The molecule has 1 amide bonds. The van der Waals surface area contributed by atoms with Gasteiger partial charge in [-0.25, -0.2) is 0 Å². The van der Waals surface area contributed by atoms with Gasteiger partial charge in [-0.05, 0) is 46.2 Å². The smallest absolute Gasteiger partial charge is 0.233 e. The van der Waals surface area contributed by atoms with Crippen LogP contribution in [0.3, 0.4) is 0 Å². The minimum atomic E-state index is -0.187. The van der Waals surface area contributed by atoms with Crippen LogP contribution in [0.15, 0.2) is 84.0 Å². The number of hydrogen-bond donors (Lipinski definition) is 0. The first-order chi connectivity index (χ1) is 16.1. The fraction of sp³-hybridized carbons (Fsp3) is 0.200. The lowest BCUT2D eigenvalue weighted by molar-refractivity contribution is -0.128. The Morgan fingerprint density at radius 2 is 1.67 bits per heavy atom. The van der Waals surface area contributed by atoms with Gasteiger partial charge in [0.1, 0.15) is 11.4 Å². The predicted octanol–water partition coefficient (Wildman–Crippen LogP) is 4.32. The van der Waals surface area contributed by atoms with E-state index in [-0.39, 0.29) is 17.7 Å². The Bertz CT molecular complexity index is 1170. The summed E-state index contributed by atoms with van der Waals surface area (Å²) in [6.07, 6.45) is 0. The molecule has 7 nitrogen and oxygen atoms in total. The summed E-state index contributed by atoms with van der Waals surface area (Å²) < 4.78 is 7.08. The number of carbonyl (C=O) groups is 1. The molecule has 0 radical (unpaired) electrons. The standard InChI is InChI=1S/C25H25N5O2S/c1-18-14-15-22(32-3)21(16-18)30-25(26-27-28-30)33-17-23(31)29(2)24(19-10-6-4-7-11-19)20-12-8-5-9-13-20/h4-16,24H,17H2,1-3H3. The van der Waals surface area contributed by atoms with Crippen molar-refractivity contribution in [1.82, 2.24) is 25.1 Å². The van der Waals surface area contributed by atoms with Crippen molar-refractivity contribution in [3.05, 3.63) is 95.6 Å². The van der Waals surface area contributed by atoms with Crippen molar-refractivity contribution in [3.8, 4) is 11.4 Å². The van der Waals surface area contributed by atoms with E-state index in [1.165, 1.54) is 11.8 Å². The first kappa shape index (κ1) is 22.5. The monoisotopic (exact) mass is 459 g/mol. The van der Waals surface area contributed by atoms with Crippen LogP contribution < -0.4 is 4.74 Å². The number of carbonyl (C=O) groups excluding carboxylic acids is 1. The SMILES string of the molecule is COc1ccc(C)cc1-n1nnnc1SCC(=O)N(C)C(c1ccccc1)c1ccccc1. The summed E-state index contributed by atoms with van der Waals surface area (Å²) in [7, 11) is 3.44. The summed E-state index contributed by atoms with van der Waals surface area (Å²) in [5, 5.41) is 12.6. The van der Waals surface area contributed by atoms with Crippen molar-refractivity contribution >= 4 is 17.7 Å². The van der Waals surface area contributed by atoms with E-state index < -0.39 is 0 Å². The third-order valence-electron chi connectivity index (χ3n) is 5.34. The molecule has 0 N–H and O–H groups in total. The highest BCUT2D eigenvalue weighted by atomic mass is 32.2. The van der Waals surface area contributed by atoms with Gasteiger partial charge >= 0.3 is 0 Å². The minimum absolute atomic E-state index is 0.0246. The van der Waals surface area contributed by atoms with E-state index in [1.807, 2.05) is 92.8 Å². The number of methoxy groups -OCH3 is 1. The van der Waals surface area contributed by atoms with Crippen molar-refractivity contribution in [3.63, 3.8) is 0 Å². The topological polar surface area (TPSA) is 73.1 Å². The first-order valence-electron chi connectivity index (χ1n) is 10.5. The average Bonchev–Trinajstić information content (AvgIpc) is 3.32. The number of amides is 1. The largest absolute Gasteiger partial charge is 0.494 e. The molecule has 4 rings (SSSR count). The molecule has 0 aliphatic rings. The summed E-state index contributed by atoms with van der Waals surface area (Å²) in [4.78, 5) is 15.0. The van der Waals surface area contributed by atoms with Crippen LogP contribution >= 0.6 is 11.8 Å². The van der Waals surface area contributed by atoms with E-state index in [4.69, 9.17) is 4.74 Å². The molecule has 0 fully saturated rings. The fourth-order valence-electron chi connectivity index (χ4n) is 3.67. The number of tetrazole rings is 1. The Hall–Kier alpha value is -3.65. The molecular formula is C25H25N5O2S. The molecule has 0 bridgehead atoms. The zero-order chi connectivity index (χ0) is 23.2. The second-order valence-corrected chi connectivity index (χ2v) is 8.51. The number of aromatic nitrogens is 4. The van der Waals surface area contributed by atoms with Gasteiger partial charge in [-0.15, -0.1) is 5.10 Å². The lowest BCUT2D eigenvalue weighted by atomic mass is 9.97. The number of rotatable bonds is 8. The highest BCUT2D eigenvalue weighted by Gasteiger charge is 2.24. The quantitative estimate of drug-likeness (QED) is 0.366. The van der Waals surface area contributed by atoms with Crippen LogP contribution in [0.25, 0.3) is 5.69 Å². The van der Waals surface area contributed by atoms with Crippen molar-refractivity contribution in [2.75, 3.05) is 19.9 Å². The number of hydrogen-bond acceptors (Lipinski definition) is 6. The Morgan fingerprint density at radius 1 is 1.03 bits per heavy atom. The molecule has 4 aromatic rings. The van der Waals surface area contributed by atoms with Crippen LogP contribution in [-0.2, 0) is 4.79 Å². The minimum Gasteiger partial charge on any atom is -0.494 e. The highest BCUT2D eigenvalue weighted by molar-refractivity contribution is 7.99. The van der Waals surface area contributed by atoms with Crippen molar-refractivity contribution in [2.45, 2.75) is 18.1 Å². The molecular weight excluding hydrogens is 434 g/mol. The summed E-state index contributed by atoms with van der Waals surface area (Å²) in [6.45, 7) is 1.99. The molecule has 8 heteroatoms. The maximum atomic E-state index is 13.3. The number of aryl methyl sites for hydroxylation is 1. The highest BCUT2D eigenvalue weighted by Crippen LogP contribution is 2.30. The van der Waals surface area contributed by atoms with Gasteiger partial charge in [0.2, 0.25) is 11.1 Å². The van der Waals surface area contributed by atoms with Crippen molar-refractivity contribution in [2.24, 2.45) is 0 Å². The average molecular weight is 460 g/mol. The fourth-order valence-corrected chi connectivity index (χ4v) is 4.48. The molecule has 168 valence electrons. The third kappa shape index (κ3) is 5.06. The van der Waals surface area contributed by atoms with Gasteiger partial charge in [-0.2, -0.15) is 4.68 Å². The van der Waals surface area contributed by atoms with E-state index in [0.717, 1.165) is 22.4 Å². The zero-order valence-corrected chi connectivity index (χ0v) is 19.6. The van der Waals surface area contributed by atoms with Gasteiger partial charge in [0.15, 0.2) is 0 Å². The lowest BCUT2D eigenvalue weighted by Gasteiger charge is -2.29.